The highest BCUT2D eigenvalue weighted by Crippen LogP contribution is 2.28. The van der Waals surface area contributed by atoms with E-state index in [0.717, 1.165) is 16.8 Å². The lowest BCUT2D eigenvalue weighted by Crippen LogP contribution is -2.36. The van der Waals surface area contributed by atoms with E-state index in [9.17, 15) is 9.18 Å². The summed E-state index contributed by atoms with van der Waals surface area (Å²) in [5, 5.41) is 0. The van der Waals surface area contributed by atoms with E-state index < -0.39 is 0 Å². The third-order valence-corrected chi connectivity index (χ3v) is 3.29. The number of aryl methyl sites for hydroxylation is 1. The van der Waals surface area contributed by atoms with Gasteiger partial charge in [-0.05, 0) is 35.8 Å². The average Bonchev–Trinajstić information content (AvgIpc) is 2.32. The topological polar surface area (TPSA) is 20.3 Å². The lowest BCUT2D eigenvalue weighted by atomic mass is 10.0. The van der Waals surface area contributed by atoms with Crippen LogP contribution in [0.1, 0.15) is 12.0 Å². The predicted octanol–water partition coefficient (Wildman–Crippen LogP) is 2.59. The lowest BCUT2D eigenvalue weighted by Gasteiger charge is -2.29. The maximum absolute atomic E-state index is 13.1. The average molecular weight is 251 g/mol. The van der Waals surface area contributed by atoms with Gasteiger partial charge in [-0.1, -0.05) is 6.58 Å². The molecule has 1 aliphatic heterocycles. The first-order valence-corrected chi connectivity index (χ1v) is 6.11. The lowest BCUT2D eigenvalue weighted by molar-refractivity contribution is -0.118. The van der Waals surface area contributed by atoms with E-state index in [1.807, 2.05) is 0 Å². The minimum atomic E-state index is -0.258. The van der Waals surface area contributed by atoms with Crippen LogP contribution in [0.2, 0.25) is 0 Å². The maximum atomic E-state index is 13.1. The Morgan fingerprint density at radius 3 is 2.94 bits per heavy atom. The fourth-order valence-electron chi connectivity index (χ4n) is 1.98. The number of hydrogen-bond donors (Lipinski definition) is 1. The molecule has 0 saturated carbocycles. The van der Waals surface area contributed by atoms with Gasteiger partial charge in [-0.3, -0.25) is 4.79 Å². The first kappa shape index (κ1) is 12.2. The van der Waals surface area contributed by atoms with Crippen molar-refractivity contribution < 1.29 is 9.18 Å². The molecule has 4 heteroatoms. The highest BCUT2D eigenvalue weighted by atomic mass is 32.1. The summed E-state index contributed by atoms with van der Waals surface area (Å²) in [5.41, 5.74) is 2.56. The molecule has 0 N–H and O–H groups in total. The fraction of sp³-hybridized carbons (Fsp3) is 0.308. The van der Waals surface area contributed by atoms with Crippen LogP contribution in [-0.4, -0.2) is 18.2 Å². The predicted molar refractivity (Wildman–Crippen MR) is 70.1 cm³/mol. The number of benzene rings is 1. The van der Waals surface area contributed by atoms with Crippen LogP contribution in [0.5, 0.6) is 0 Å². The second-order valence-corrected chi connectivity index (χ2v) is 4.48. The number of hydrogen-bond acceptors (Lipinski definition) is 2. The van der Waals surface area contributed by atoms with Crippen molar-refractivity contribution in [1.29, 1.82) is 0 Å². The van der Waals surface area contributed by atoms with E-state index in [1.165, 1.54) is 12.1 Å². The van der Waals surface area contributed by atoms with Crippen LogP contribution in [0.3, 0.4) is 0 Å². The molecule has 0 saturated heterocycles. The van der Waals surface area contributed by atoms with Gasteiger partial charge in [0.05, 0.1) is 0 Å². The van der Waals surface area contributed by atoms with Gasteiger partial charge in [0.2, 0.25) is 5.91 Å². The highest BCUT2D eigenvalue weighted by Gasteiger charge is 2.24. The summed E-state index contributed by atoms with van der Waals surface area (Å²) in [6, 6.07) is 4.54. The molecule has 0 bridgehead atoms. The third kappa shape index (κ3) is 2.52. The largest absolute Gasteiger partial charge is 0.308 e. The van der Waals surface area contributed by atoms with Crippen LogP contribution < -0.4 is 4.90 Å². The molecule has 90 valence electrons. The molecule has 17 heavy (non-hydrogen) atoms. The molecule has 0 aromatic heterocycles. The summed E-state index contributed by atoms with van der Waals surface area (Å²) >= 11 is 4.13. The van der Waals surface area contributed by atoms with Crippen LogP contribution in [-0.2, 0) is 11.2 Å². The van der Waals surface area contributed by atoms with Gasteiger partial charge in [-0.25, -0.2) is 4.39 Å². The number of amides is 1. The minimum Gasteiger partial charge on any atom is -0.308 e. The molecule has 2 nitrogen and oxygen atoms in total. The van der Waals surface area contributed by atoms with Crippen LogP contribution in [0.15, 0.2) is 30.4 Å². The highest BCUT2D eigenvalue weighted by molar-refractivity contribution is 7.80. The zero-order chi connectivity index (χ0) is 12.4. The Labute approximate surface area is 106 Å². The van der Waals surface area contributed by atoms with Gasteiger partial charge in [-0.15, -0.1) is 0 Å². The molecule has 0 fully saturated rings. The Bertz CT molecular complexity index is 472. The summed E-state index contributed by atoms with van der Waals surface area (Å²) in [6.07, 6.45) is 1.03. The van der Waals surface area contributed by atoms with Crippen molar-refractivity contribution in [2.45, 2.75) is 12.8 Å². The van der Waals surface area contributed by atoms with Crippen molar-refractivity contribution in [3.63, 3.8) is 0 Å². The van der Waals surface area contributed by atoms with Crippen LogP contribution in [0.25, 0.3) is 0 Å². The van der Waals surface area contributed by atoms with Gasteiger partial charge in [0.25, 0.3) is 0 Å². The van der Waals surface area contributed by atoms with Crippen molar-refractivity contribution in [1.82, 2.24) is 0 Å². The molecule has 0 radical (unpaired) electrons. The number of halogens is 1. The quantitative estimate of drug-likeness (QED) is 0.646. The number of rotatable bonds is 3. The first-order valence-electron chi connectivity index (χ1n) is 5.48. The molecule has 1 aromatic rings. The summed E-state index contributed by atoms with van der Waals surface area (Å²) in [6.45, 7) is 4.31. The molecular weight excluding hydrogens is 237 g/mol. The Hall–Kier alpha value is -1.29. The molecule has 1 aliphatic rings. The summed E-state index contributed by atoms with van der Waals surface area (Å²) in [7, 11) is 0. The molecule has 1 heterocycles. The van der Waals surface area contributed by atoms with Crippen molar-refractivity contribution >= 4 is 24.2 Å². The number of carbonyl (C=O) groups is 1. The third-order valence-electron chi connectivity index (χ3n) is 2.85. The Morgan fingerprint density at radius 2 is 2.24 bits per heavy atom. The molecule has 0 unspecified atom stereocenters. The van der Waals surface area contributed by atoms with E-state index in [2.05, 4.69) is 19.2 Å². The Morgan fingerprint density at radius 1 is 1.47 bits per heavy atom. The molecule has 0 aliphatic carbocycles. The van der Waals surface area contributed by atoms with Crippen molar-refractivity contribution in [2.24, 2.45) is 0 Å². The number of fused-ring (bicyclic) bond motifs is 1. The van der Waals surface area contributed by atoms with Gasteiger partial charge in [0.1, 0.15) is 5.82 Å². The van der Waals surface area contributed by atoms with Crippen molar-refractivity contribution in [3.8, 4) is 0 Å². The van der Waals surface area contributed by atoms with Gasteiger partial charge in [-0.2, -0.15) is 12.6 Å². The molecular formula is C13H14FNOS. The zero-order valence-electron chi connectivity index (χ0n) is 9.45. The summed E-state index contributed by atoms with van der Waals surface area (Å²) < 4.78 is 13.1. The van der Waals surface area contributed by atoms with E-state index in [4.69, 9.17) is 0 Å². The fourth-order valence-corrected chi connectivity index (χ4v) is 2.08. The first-order chi connectivity index (χ1) is 8.11. The van der Waals surface area contributed by atoms with Crippen LogP contribution in [0.4, 0.5) is 10.1 Å². The van der Waals surface area contributed by atoms with Gasteiger partial charge in [0.15, 0.2) is 0 Å². The van der Waals surface area contributed by atoms with E-state index in [1.54, 1.807) is 11.0 Å². The number of carbonyl (C=O) groups excluding carboxylic acids is 1. The SMILES string of the molecule is C=C(CS)CN1C(=O)CCc2cc(F)ccc21. The van der Waals surface area contributed by atoms with E-state index in [-0.39, 0.29) is 11.7 Å². The molecule has 0 spiro atoms. The van der Waals surface area contributed by atoms with Gasteiger partial charge >= 0.3 is 0 Å². The second kappa shape index (κ2) is 4.92. The maximum Gasteiger partial charge on any atom is 0.227 e. The molecule has 2 rings (SSSR count). The van der Waals surface area contributed by atoms with Crippen LogP contribution in [0, 0.1) is 5.82 Å². The van der Waals surface area contributed by atoms with Gasteiger partial charge < -0.3 is 4.90 Å². The molecule has 1 aromatic carbocycles. The number of nitrogens with zero attached hydrogens (tertiary/aromatic N) is 1. The second-order valence-electron chi connectivity index (χ2n) is 4.16. The van der Waals surface area contributed by atoms with Crippen molar-refractivity contribution in [2.75, 3.05) is 17.2 Å². The summed E-state index contributed by atoms with van der Waals surface area (Å²) in [5.74, 6) is 0.346. The minimum absolute atomic E-state index is 0.0621. The van der Waals surface area contributed by atoms with E-state index in [0.29, 0.717) is 25.1 Å². The van der Waals surface area contributed by atoms with Crippen molar-refractivity contribution in [3.05, 3.63) is 41.7 Å². The smallest absolute Gasteiger partial charge is 0.227 e. The van der Waals surface area contributed by atoms with Gasteiger partial charge in [0, 0.05) is 24.4 Å². The Kier molecular flexibility index (Phi) is 3.52. The Balaban J connectivity index is 2.33. The zero-order valence-corrected chi connectivity index (χ0v) is 10.3. The normalized spacial score (nSPS) is 14.7. The molecule has 1 amide bonds. The van der Waals surface area contributed by atoms with Crippen LogP contribution >= 0.6 is 12.6 Å². The number of thiol groups is 1. The monoisotopic (exact) mass is 251 g/mol. The standard InChI is InChI=1S/C13H14FNOS/c1-9(8-17)7-15-12-4-3-11(14)6-10(12)2-5-13(15)16/h3-4,6,17H,1-2,5,7-8H2. The number of anilines is 1. The summed E-state index contributed by atoms with van der Waals surface area (Å²) in [4.78, 5) is 13.5. The van der Waals surface area contributed by atoms with E-state index >= 15 is 0 Å². The molecule has 0 atom stereocenters.